The Hall–Kier alpha value is -1.16. The smallest absolute Gasteiger partial charge is 0.481 e. The van der Waals surface area contributed by atoms with Gasteiger partial charge in [-0.15, -0.1) is 0 Å². The molecule has 27 heavy (non-hydrogen) atoms. The minimum atomic E-state index is -2.17. The Kier molecular flexibility index (Phi) is 40.3. The summed E-state index contributed by atoms with van der Waals surface area (Å²) >= 11 is 0. The van der Waals surface area contributed by atoms with Crippen molar-refractivity contribution < 1.29 is 34.9 Å². The Morgan fingerprint density at radius 2 is 0.889 bits per heavy atom. The van der Waals surface area contributed by atoms with E-state index in [1.807, 2.05) is 0 Å². The van der Waals surface area contributed by atoms with Crippen LogP contribution in [0.5, 0.6) is 0 Å². The van der Waals surface area contributed by atoms with Crippen molar-refractivity contribution in [3.05, 3.63) is 0 Å². The molecule has 0 atom stereocenters. The van der Waals surface area contributed by atoms with Gasteiger partial charge in [0.1, 0.15) is 0 Å². The molecule has 0 saturated carbocycles. The van der Waals surface area contributed by atoms with E-state index in [1.54, 1.807) is 13.8 Å². The number of nitrogens with two attached hydrogens (primary N) is 1. The predicted octanol–water partition coefficient (Wildman–Crippen LogP) is 2.78. The zero-order chi connectivity index (χ0) is 21.9. The molecule has 8 nitrogen and oxygen atoms in total. The molecule has 0 aromatic heterocycles. The van der Waals surface area contributed by atoms with Crippen LogP contribution in [0, 0.1) is 0 Å². The number of hydrogen-bond donors (Lipinski definition) is 6. The lowest BCUT2D eigenvalue weighted by atomic mass is 10.1. The van der Waals surface area contributed by atoms with Crippen LogP contribution in [0.2, 0.25) is 0 Å². The van der Waals surface area contributed by atoms with E-state index in [4.69, 9.17) is 31.0 Å². The summed E-state index contributed by atoms with van der Waals surface area (Å²) in [6.45, 7) is 6.34. The molecular formula is C18H42BNO7. The third kappa shape index (κ3) is 78.6. The van der Waals surface area contributed by atoms with Crippen molar-refractivity contribution in [2.24, 2.45) is 5.73 Å². The Morgan fingerprint density at radius 3 is 1.07 bits per heavy atom. The molecule has 0 spiro atoms. The molecule has 0 unspecified atom stereocenters. The van der Waals surface area contributed by atoms with Gasteiger partial charge < -0.3 is 31.0 Å². The number of carboxylic acids is 2. The fourth-order valence-electron chi connectivity index (χ4n) is 1.63. The molecule has 0 rings (SSSR count). The van der Waals surface area contributed by atoms with Crippen molar-refractivity contribution in [3.8, 4) is 0 Å². The standard InChI is InChI=1S/C12H27N.2C3H6O2.BH3O3/c1-2-3-4-5-6-7-8-9-10-11-12-13;2*1-2-3(4)5;2-1(3)4/h2-13H2,1H3;2*2H2,1H3,(H,4,5);2-4H. The van der Waals surface area contributed by atoms with Gasteiger partial charge in [0.15, 0.2) is 0 Å². The third-order valence-electron chi connectivity index (χ3n) is 3.16. The second-order valence-corrected chi connectivity index (χ2v) is 5.81. The van der Waals surface area contributed by atoms with E-state index in [2.05, 4.69) is 6.92 Å². The highest BCUT2D eigenvalue weighted by Crippen LogP contribution is 2.09. The van der Waals surface area contributed by atoms with Crippen molar-refractivity contribution in [1.82, 2.24) is 0 Å². The molecule has 7 N–H and O–H groups in total. The molecule has 0 aromatic rings. The Morgan fingerprint density at radius 1 is 0.667 bits per heavy atom. The predicted molar refractivity (Wildman–Crippen MR) is 109 cm³/mol. The van der Waals surface area contributed by atoms with E-state index in [0.717, 1.165) is 6.54 Å². The molecule has 0 heterocycles. The van der Waals surface area contributed by atoms with E-state index in [0.29, 0.717) is 0 Å². The van der Waals surface area contributed by atoms with Crippen LogP contribution in [0.4, 0.5) is 0 Å². The van der Waals surface area contributed by atoms with Crippen molar-refractivity contribution in [3.63, 3.8) is 0 Å². The first-order valence-electron chi connectivity index (χ1n) is 9.87. The van der Waals surface area contributed by atoms with Crippen molar-refractivity contribution >= 4 is 19.3 Å². The van der Waals surface area contributed by atoms with Gasteiger partial charge in [-0.3, -0.25) is 9.59 Å². The van der Waals surface area contributed by atoms with Gasteiger partial charge in [-0.2, -0.15) is 0 Å². The fourth-order valence-corrected chi connectivity index (χ4v) is 1.63. The van der Waals surface area contributed by atoms with Gasteiger partial charge in [-0.1, -0.05) is 78.6 Å². The number of aliphatic carboxylic acids is 2. The molecule has 0 fully saturated rings. The van der Waals surface area contributed by atoms with E-state index < -0.39 is 19.3 Å². The highest BCUT2D eigenvalue weighted by atomic mass is 16.5. The van der Waals surface area contributed by atoms with Crippen LogP contribution in [0.25, 0.3) is 0 Å². The van der Waals surface area contributed by atoms with Crippen molar-refractivity contribution in [1.29, 1.82) is 0 Å². The first kappa shape index (κ1) is 33.4. The van der Waals surface area contributed by atoms with Gasteiger partial charge in [0.25, 0.3) is 0 Å². The third-order valence-corrected chi connectivity index (χ3v) is 3.16. The summed E-state index contributed by atoms with van der Waals surface area (Å²) in [5.41, 5.74) is 5.42. The molecule has 0 amide bonds. The van der Waals surface area contributed by atoms with Gasteiger partial charge >= 0.3 is 19.3 Å². The van der Waals surface area contributed by atoms with Crippen molar-refractivity contribution in [2.45, 2.75) is 97.8 Å². The quantitative estimate of drug-likeness (QED) is 0.217. The minimum absolute atomic E-state index is 0.222. The Bertz CT molecular complexity index is 266. The van der Waals surface area contributed by atoms with Crippen LogP contribution in [0.1, 0.15) is 97.8 Å². The van der Waals surface area contributed by atoms with Gasteiger partial charge in [-0.05, 0) is 13.0 Å². The number of unbranched alkanes of at least 4 members (excludes halogenated alkanes) is 9. The van der Waals surface area contributed by atoms with E-state index in [9.17, 15) is 9.59 Å². The second-order valence-electron chi connectivity index (χ2n) is 5.81. The molecular weight excluding hydrogens is 353 g/mol. The summed E-state index contributed by atoms with van der Waals surface area (Å²) < 4.78 is 0. The van der Waals surface area contributed by atoms with E-state index in [1.165, 1.54) is 64.2 Å². The molecule has 0 aliphatic rings. The molecule has 0 aliphatic heterocycles. The van der Waals surface area contributed by atoms with E-state index >= 15 is 0 Å². The van der Waals surface area contributed by atoms with Crippen LogP contribution in [-0.4, -0.2) is 51.1 Å². The van der Waals surface area contributed by atoms with Gasteiger partial charge in [0.2, 0.25) is 0 Å². The first-order valence-corrected chi connectivity index (χ1v) is 9.87. The Balaban J connectivity index is -0.000000155. The van der Waals surface area contributed by atoms with Crippen LogP contribution >= 0.6 is 0 Å². The summed E-state index contributed by atoms with van der Waals surface area (Å²) in [6.07, 6.45) is 14.4. The fraction of sp³-hybridized carbons (Fsp3) is 0.889. The number of rotatable bonds is 12. The van der Waals surface area contributed by atoms with Gasteiger partial charge in [0, 0.05) is 12.8 Å². The van der Waals surface area contributed by atoms with Gasteiger partial charge in [-0.25, -0.2) is 0 Å². The monoisotopic (exact) mass is 395 g/mol. The summed E-state index contributed by atoms with van der Waals surface area (Å²) in [6, 6.07) is 0. The van der Waals surface area contributed by atoms with Crippen LogP contribution in [0.3, 0.4) is 0 Å². The topological polar surface area (TPSA) is 161 Å². The maximum Gasteiger partial charge on any atom is 0.631 e. The van der Waals surface area contributed by atoms with Crippen LogP contribution < -0.4 is 5.73 Å². The van der Waals surface area contributed by atoms with E-state index in [-0.39, 0.29) is 12.8 Å². The lowest BCUT2D eigenvalue weighted by Gasteiger charge is -2.00. The molecule has 164 valence electrons. The first-order chi connectivity index (χ1) is 12.7. The summed E-state index contributed by atoms with van der Waals surface area (Å²) in [5.74, 6) is -1.49. The zero-order valence-corrected chi connectivity index (χ0v) is 17.4. The normalized spacial score (nSPS) is 8.85. The summed E-state index contributed by atoms with van der Waals surface area (Å²) in [5, 5.41) is 36.9. The maximum absolute atomic E-state index is 9.37. The molecule has 0 radical (unpaired) electrons. The zero-order valence-electron chi connectivity index (χ0n) is 17.4. The average Bonchev–Trinajstić information content (AvgIpc) is 2.61. The SMILES string of the molecule is CCC(=O)O.CCC(=O)O.CCCCCCCCCCCCN.OB(O)O. The number of hydrogen-bond acceptors (Lipinski definition) is 6. The largest absolute Gasteiger partial charge is 0.631 e. The lowest BCUT2D eigenvalue weighted by molar-refractivity contribution is -0.137. The molecule has 0 aliphatic carbocycles. The van der Waals surface area contributed by atoms with Gasteiger partial charge in [0.05, 0.1) is 0 Å². The second kappa shape index (κ2) is 32.5. The maximum atomic E-state index is 9.37. The number of carbonyl (C=O) groups is 2. The highest BCUT2D eigenvalue weighted by Gasteiger charge is 1.93. The summed E-state index contributed by atoms with van der Waals surface area (Å²) in [7, 11) is -2.17. The highest BCUT2D eigenvalue weighted by molar-refractivity contribution is 6.30. The molecule has 0 bridgehead atoms. The van der Waals surface area contributed by atoms with Crippen LogP contribution in [-0.2, 0) is 9.59 Å². The number of carboxylic acid groups (broad SMARTS) is 2. The summed E-state index contributed by atoms with van der Waals surface area (Å²) in [4.78, 5) is 18.7. The molecule has 0 aromatic carbocycles. The average molecular weight is 395 g/mol. The minimum Gasteiger partial charge on any atom is -0.481 e. The Labute approximate surface area is 165 Å². The molecule has 0 saturated heterocycles. The molecule has 9 heteroatoms. The van der Waals surface area contributed by atoms with Crippen LogP contribution in [0.15, 0.2) is 0 Å². The van der Waals surface area contributed by atoms with Crippen molar-refractivity contribution in [2.75, 3.05) is 6.54 Å². The lowest BCUT2D eigenvalue weighted by Crippen LogP contribution is -2.07.